The molecule has 5 nitrogen and oxygen atoms in total. The lowest BCUT2D eigenvalue weighted by Crippen LogP contribution is -2.33. The number of carbonyl (C=O) groups excluding carboxylic acids is 1. The molecule has 6 heteroatoms. The van der Waals surface area contributed by atoms with E-state index in [9.17, 15) is 4.79 Å². The fourth-order valence-electron chi connectivity index (χ4n) is 3.29. The molecule has 1 aromatic heterocycles. The molecule has 0 fully saturated rings. The molecule has 1 aliphatic heterocycles. The molecule has 2 aromatic carbocycles. The Bertz CT molecular complexity index is 1010. The summed E-state index contributed by atoms with van der Waals surface area (Å²) in [5, 5.41) is 2.05. The van der Waals surface area contributed by atoms with Crippen molar-refractivity contribution in [2.45, 2.75) is 13.1 Å². The number of fused-ring (bicyclic) bond motifs is 1. The van der Waals surface area contributed by atoms with Gasteiger partial charge in [0.2, 0.25) is 0 Å². The molecule has 2 amide bonds. The number of aryl methyl sites for hydroxylation is 1. The second-order valence-corrected chi connectivity index (χ2v) is 7.38. The van der Waals surface area contributed by atoms with E-state index in [-0.39, 0.29) is 6.17 Å². The van der Waals surface area contributed by atoms with Crippen molar-refractivity contribution in [1.82, 2.24) is 0 Å². The fourth-order valence-corrected chi connectivity index (χ4v) is 4.12. The van der Waals surface area contributed by atoms with Gasteiger partial charge in [-0.05, 0) is 66.4 Å². The standard InChI is InChI=1S/C21H20N4OS/c1-14-3-2-4-17(13-14)25(21(23)26)16-7-5-15(6-8-16)24-11-9-19-18(20(24)22)10-12-27-19/h2-13,20H,22H2,1H3,(H2,23,26). The highest BCUT2D eigenvalue weighted by molar-refractivity contribution is 7.11. The Morgan fingerprint density at radius 2 is 1.89 bits per heavy atom. The number of amides is 2. The van der Waals surface area contributed by atoms with Crippen molar-refractivity contribution < 1.29 is 4.79 Å². The number of hydrogen-bond donors (Lipinski definition) is 2. The monoisotopic (exact) mass is 376 g/mol. The van der Waals surface area contributed by atoms with Crippen molar-refractivity contribution in [2.75, 3.05) is 9.80 Å². The highest BCUT2D eigenvalue weighted by atomic mass is 32.1. The molecule has 0 saturated carbocycles. The molecule has 0 aliphatic carbocycles. The predicted octanol–water partition coefficient (Wildman–Crippen LogP) is 4.72. The zero-order valence-corrected chi connectivity index (χ0v) is 15.7. The summed E-state index contributed by atoms with van der Waals surface area (Å²) in [6.07, 6.45) is 3.83. The number of anilines is 3. The molecule has 0 saturated heterocycles. The van der Waals surface area contributed by atoms with Crippen molar-refractivity contribution in [3.05, 3.63) is 82.2 Å². The van der Waals surface area contributed by atoms with Gasteiger partial charge in [-0.3, -0.25) is 4.90 Å². The van der Waals surface area contributed by atoms with Gasteiger partial charge < -0.3 is 16.4 Å². The van der Waals surface area contributed by atoms with Crippen LogP contribution in [0.3, 0.4) is 0 Å². The average Bonchev–Trinajstić information content (AvgIpc) is 3.13. The maximum atomic E-state index is 12.1. The SMILES string of the molecule is Cc1cccc(N(C(N)=O)c2ccc(N3C=Cc4sccc4C3N)cc2)c1. The van der Waals surface area contributed by atoms with Gasteiger partial charge in [0.25, 0.3) is 0 Å². The molecule has 1 unspecified atom stereocenters. The van der Waals surface area contributed by atoms with E-state index in [1.165, 1.54) is 9.78 Å². The highest BCUT2D eigenvalue weighted by Crippen LogP contribution is 2.35. The Balaban J connectivity index is 1.64. The molecule has 136 valence electrons. The van der Waals surface area contributed by atoms with Gasteiger partial charge in [-0.15, -0.1) is 11.3 Å². The third-order valence-electron chi connectivity index (χ3n) is 4.62. The maximum Gasteiger partial charge on any atom is 0.323 e. The van der Waals surface area contributed by atoms with E-state index >= 15 is 0 Å². The van der Waals surface area contributed by atoms with Gasteiger partial charge in [0.15, 0.2) is 0 Å². The largest absolute Gasteiger partial charge is 0.351 e. The van der Waals surface area contributed by atoms with Crippen LogP contribution in [-0.4, -0.2) is 6.03 Å². The summed E-state index contributed by atoms with van der Waals surface area (Å²) in [4.78, 5) is 16.8. The molecule has 0 radical (unpaired) electrons. The van der Waals surface area contributed by atoms with Crippen molar-refractivity contribution in [3.8, 4) is 0 Å². The lowest BCUT2D eigenvalue weighted by Gasteiger charge is -2.31. The smallest absolute Gasteiger partial charge is 0.323 e. The zero-order valence-electron chi connectivity index (χ0n) is 14.9. The molecule has 1 atom stereocenters. The van der Waals surface area contributed by atoms with Crippen LogP contribution in [0.15, 0.2) is 66.2 Å². The second-order valence-electron chi connectivity index (χ2n) is 6.44. The topological polar surface area (TPSA) is 75.6 Å². The second kappa shape index (κ2) is 6.90. The number of rotatable bonds is 3. The van der Waals surface area contributed by atoms with Crippen molar-refractivity contribution in [1.29, 1.82) is 0 Å². The number of nitrogens with zero attached hydrogens (tertiary/aromatic N) is 2. The van der Waals surface area contributed by atoms with Crippen LogP contribution in [0.1, 0.15) is 22.2 Å². The minimum Gasteiger partial charge on any atom is -0.351 e. The lowest BCUT2D eigenvalue weighted by atomic mass is 10.1. The van der Waals surface area contributed by atoms with E-state index in [1.54, 1.807) is 11.3 Å². The minimum atomic E-state index is -0.522. The number of urea groups is 1. The van der Waals surface area contributed by atoms with Crippen LogP contribution >= 0.6 is 11.3 Å². The number of thiophene rings is 1. The summed E-state index contributed by atoms with van der Waals surface area (Å²) in [5.41, 5.74) is 16.6. The maximum absolute atomic E-state index is 12.1. The Labute approximate surface area is 162 Å². The van der Waals surface area contributed by atoms with Crippen molar-refractivity contribution in [2.24, 2.45) is 11.5 Å². The quantitative estimate of drug-likeness (QED) is 0.694. The molecular weight excluding hydrogens is 356 g/mol. The first kappa shape index (κ1) is 17.3. The number of primary amides is 1. The highest BCUT2D eigenvalue weighted by Gasteiger charge is 2.22. The first-order valence-electron chi connectivity index (χ1n) is 8.60. The average molecular weight is 376 g/mol. The fraction of sp³-hybridized carbons (Fsp3) is 0.0952. The minimum absolute atomic E-state index is 0.230. The number of benzene rings is 2. The van der Waals surface area contributed by atoms with E-state index in [0.717, 1.165) is 22.5 Å². The summed E-state index contributed by atoms with van der Waals surface area (Å²) in [6.45, 7) is 1.98. The Kier molecular flexibility index (Phi) is 4.43. The molecule has 1 aliphatic rings. The Hall–Kier alpha value is -3.09. The molecule has 4 N–H and O–H groups in total. The van der Waals surface area contributed by atoms with Crippen molar-refractivity contribution >= 4 is 40.5 Å². The van der Waals surface area contributed by atoms with E-state index in [1.807, 2.05) is 71.9 Å². The zero-order chi connectivity index (χ0) is 19.0. The van der Waals surface area contributed by atoms with Gasteiger partial charge in [0.05, 0.1) is 11.4 Å². The molecule has 0 spiro atoms. The number of nitrogens with two attached hydrogens (primary N) is 2. The number of carbonyl (C=O) groups is 1. The Morgan fingerprint density at radius 1 is 1.11 bits per heavy atom. The van der Waals surface area contributed by atoms with Crippen LogP contribution in [0.5, 0.6) is 0 Å². The lowest BCUT2D eigenvalue weighted by molar-refractivity contribution is 0.256. The van der Waals surface area contributed by atoms with Crippen LogP contribution < -0.4 is 21.3 Å². The van der Waals surface area contributed by atoms with Crippen LogP contribution in [0.4, 0.5) is 21.9 Å². The van der Waals surface area contributed by atoms with Gasteiger partial charge in [0, 0.05) is 22.3 Å². The molecular formula is C21H20N4OS. The molecule has 3 aromatic rings. The van der Waals surface area contributed by atoms with Gasteiger partial charge in [-0.1, -0.05) is 12.1 Å². The third-order valence-corrected chi connectivity index (χ3v) is 5.52. The molecule has 27 heavy (non-hydrogen) atoms. The van der Waals surface area contributed by atoms with Crippen LogP contribution in [0, 0.1) is 6.92 Å². The number of hydrogen-bond acceptors (Lipinski definition) is 4. The normalized spacial score (nSPS) is 15.5. The predicted molar refractivity (Wildman–Crippen MR) is 112 cm³/mol. The summed E-state index contributed by atoms with van der Waals surface area (Å²) in [5.74, 6) is 0. The van der Waals surface area contributed by atoms with Gasteiger partial charge in [-0.2, -0.15) is 0 Å². The first-order chi connectivity index (χ1) is 13.0. The summed E-state index contributed by atoms with van der Waals surface area (Å²) >= 11 is 1.68. The van der Waals surface area contributed by atoms with Crippen molar-refractivity contribution in [3.63, 3.8) is 0 Å². The van der Waals surface area contributed by atoms with Gasteiger partial charge in [0.1, 0.15) is 6.17 Å². The first-order valence-corrected chi connectivity index (χ1v) is 9.48. The summed E-state index contributed by atoms with van der Waals surface area (Å²) in [7, 11) is 0. The van der Waals surface area contributed by atoms with Crippen LogP contribution in [0.25, 0.3) is 6.08 Å². The Morgan fingerprint density at radius 3 is 2.59 bits per heavy atom. The van der Waals surface area contributed by atoms with Crippen LogP contribution in [-0.2, 0) is 0 Å². The van der Waals surface area contributed by atoms with E-state index < -0.39 is 6.03 Å². The van der Waals surface area contributed by atoms with Gasteiger partial charge >= 0.3 is 6.03 Å². The van der Waals surface area contributed by atoms with E-state index in [2.05, 4.69) is 12.1 Å². The van der Waals surface area contributed by atoms with Crippen LogP contribution in [0.2, 0.25) is 0 Å². The van der Waals surface area contributed by atoms with E-state index in [4.69, 9.17) is 11.5 Å². The summed E-state index contributed by atoms with van der Waals surface area (Å²) < 4.78 is 0. The molecule has 0 bridgehead atoms. The summed E-state index contributed by atoms with van der Waals surface area (Å²) in [6, 6.07) is 16.9. The van der Waals surface area contributed by atoms with E-state index in [0.29, 0.717) is 5.69 Å². The molecule has 4 rings (SSSR count). The molecule has 2 heterocycles. The third kappa shape index (κ3) is 3.20. The van der Waals surface area contributed by atoms with Gasteiger partial charge in [-0.25, -0.2) is 4.79 Å².